The molecule has 0 aliphatic carbocycles. The van der Waals surface area contributed by atoms with Crippen molar-refractivity contribution in [2.45, 2.75) is 32.3 Å². The Balaban J connectivity index is 1.93. The molecule has 1 aromatic rings. The second-order valence-corrected chi connectivity index (χ2v) is 4.68. The lowest BCUT2D eigenvalue weighted by Crippen LogP contribution is -2.35. The third-order valence-electron chi connectivity index (χ3n) is 3.32. The number of nitrogens with one attached hydrogen (secondary N) is 1. The van der Waals surface area contributed by atoms with Crippen LogP contribution in [0.4, 0.5) is 0 Å². The van der Waals surface area contributed by atoms with Gasteiger partial charge < -0.3 is 10.4 Å². The average Bonchev–Trinajstić information content (AvgIpc) is 2.30. The van der Waals surface area contributed by atoms with Gasteiger partial charge in [0.25, 0.3) is 0 Å². The fraction of sp³-hybridized carbons (Fsp3) is 0.615. The molecule has 0 aromatic carbocycles. The Labute approximate surface area is 96.9 Å². The van der Waals surface area contributed by atoms with Crippen molar-refractivity contribution in [1.82, 2.24) is 10.3 Å². The molecule has 1 aromatic heterocycles. The Hall–Kier alpha value is -0.930. The van der Waals surface area contributed by atoms with Crippen molar-refractivity contribution < 1.29 is 5.11 Å². The minimum Gasteiger partial charge on any atom is -0.392 e. The first-order valence-corrected chi connectivity index (χ1v) is 6.06. The zero-order valence-corrected chi connectivity index (χ0v) is 9.82. The Bertz CT molecular complexity index is 334. The highest BCUT2D eigenvalue weighted by molar-refractivity contribution is 5.15. The lowest BCUT2D eigenvalue weighted by Gasteiger charge is -2.27. The number of piperidine rings is 1. The molecule has 1 unspecified atom stereocenters. The van der Waals surface area contributed by atoms with Crippen molar-refractivity contribution in [3.05, 3.63) is 29.6 Å². The summed E-state index contributed by atoms with van der Waals surface area (Å²) in [6, 6.07) is 4.05. The zero-order chi connectivity index (χ0) is 11.4. The molecule has 2 heterocycles. The van der Waals surface area contributed by atoms with Crippen LogP contribution in [0.25, 0.3) is 0 Å². The molecule has 0 radical (unpaired) electrons. The summed E-state index contributed by atoms with van der Waals surface area (Å²) in [6.45, 7) is 4.12. The van der Waals surface area contributed by atoms with Crippen molar-refractivity contribution in [2.24, 2.45) is 5.92 Å². The molecule has 0 amide bonds. The van der Waals surface area contributed by atoms with E-state index in [1.54, 1.807) is 0 Å². The lowest BCUT2D eigenvalue weighted by atomic mass is 9.89. The van der Waals surface area contributed by atoms with Crippen LogP contribution in [-0.4, -0.2) is 29.3 Å². The van der Waals surface area contributed by atoms with E-state index in [0.29, 0.717) is 12.3 Å². The number of aliphatic hydroxyl groups excluding tert-OH is 1. The van der Waals surface area contributed by atoms with Crippen molar-refractivity contribution in [1.29, 1.82) is 0 Å². The predicted octanol–water partition coefficient (Wildman–Crippen LogP) is 1.29. The molecule has 2 N–H and O–H groups in total. The van der Waals surface area contributed by atoms with Crippen LogP contribution >= 0.6 is 0 Å². The molecule has 3 nitrogen and oxygen atoms in total. The summed E-state index contributed by atoms with van der Waals surface area (Å²) in [6.07, 6.45) is 4.42. The monoisotopic (exact) mass is 220 g/mol. The van der Waals surface area contributed by atoms with E-state index in [9.17, 15) is 5.11 Å². The van der Waals surface area contributed by atoms with Gasteiger partial charge in [0.2, 0.25) is 0 Å². The molecule has 88 valence electrons. The zero-order valence-electron chi connectivity index (χ0n) is 9.82. The fourth-order valence-corrected chi connectivity index (χ4v) is 2.32. The highest BCUT2D eigenvalue weighted by Gasteiger charge is 2.21. The molecule has 2 rings (SSSR count). The van der Waals surface area contributed by atoms with Crippen LogP contribution in [0.5, 0.6) is 0 Å². The molecule has 1 aliphatic rings. The van der Waals surface area contributed by atoms with Gasteiger partial charge in [-0.2, -0.15) is 0 Å². The molecule has 1 saturated heterocycles. The fourth-order valence-electron chi connectivity index (χ4n) is 2.32. The number of aliphatic hydroxyl groups is 1. The van der Waals surface area contributed by atoms with Crippen LogP contribution in [0.2, 0.25) is 0 Å². The maximum Gasteiger partial charge on any atom is 0.0624 e. The highest BCUT2D eigenvalue weighted by atomic mass is 16.3. The van der Waals surface area contributed by atoms with Crippen molar-refractivity contribution in [3.8, 4) is 0 Å². The number of hydrogen-bond donors (Lipinski definition) is 2. The van der Waals surface area contributed by atoms with Gasteiger partial charge in [-0.3, -0.25) is 4.98 Å². The van der Waals surface area contributed by atoms with Crippen LogP contribution in [0.15, 0.2) is 18.3 Å². The van der Waals surface area contributed by atoms with Gasteiger partial charge in [-0.15, -0.1) is 0 Å². The Morgan fingerprint density at radius 1 is 1.50 bits per heavy atom. The van der Waals surface area contributed by atoms with Crippen molar-refractivity contribution in [2.75, 3.05) is 13.1 Å². The van der Waals surface area contributed by atoms with Gasteiger partial charge in [-0.1, -0.05) is 0 Å². The van der Waals surface area contributed by atoms with Gasteiger partial charge >= 0.3 is 0 Å². The highest BCUT2D eigenvalue weighted by Crippen LogP contribution is 2.19. The standard InChI is InChI=1S/C13H20N2O/c1-10-2-7-15-12(8-10)9-13(16)11-3-5-14-6-4-11/h2,7-8,11,13-14,16H,3-6,9H2,1H3. The Morgan fingerprint density at radius 2 is 2.25 bits per heavy atom. The normalized spacial score (nSPS) is 19.6. The molecule has 0 spiro atoms. The maximum atomic E-state index is 10.2. The molecule has 16 heavy (non-hydrogen) atoms. The first kappa shape index (κ1) is 11.6. The van der Waals surface area contributed by atoms with Crippen LogP contribution in [0.1, 0.15) is 24.1 Å². The SMILES string of the molecule is Cc1ccnc(CC(O)C2CCNCC2)c1. The predicted molar refractivity (Wildman–Crippen MR) is 64.3 cm³/mol. The van der Waals surface area contributed by atoms with Gasteiger partial charge in [-0.05, 0) is 56.5 Å². The topological polar surface area (TPSA) is 45.2 Å². The van der Waals surface area contributed by atoms with Crippen LogP contribution in [0, 0.1) is 12.8 Å². The van der Waals surface area contributed by atoms with E-state index in [1.165, 1.54) is 5.56 Å². The van der Waals surface area contributed by atoms with Crippen molar-refractivity contribution >= 4 is 0 Å². The summed E-state index contributed by atoms with van der Waals surface area (Å²) >= 11 is 0. The van der Waals surface area contributed by atoms with Gasteiger partial charge in [0, 0.05) is 18.3 Å². The van der Waals surface area contributed by atoms with E-state index < -0.39 is 0 Å². The summed E-state index contributed by atoms with van der Waals surface area (Å²) in [5.41, 5.74) is 2.22. The third kappa shape index (κ3) is 3.03. The number of aryl methyl sites for hydroxylation is 1. The van der Waals surface area contributed by atoms with E-state index in [-0.39, 0.29) is 6.10 Å². The summed E-state index contributed by atoms with van der Waals surface area (Å²) in [5, 5.41) is 13.5. The molecule has 1 atom stereocenters. The summed E-state index contributed by atoms with van der Waals surface area (Å²) in [5.74, 6) is 0.434. The third-order valence-corrected chi connectivity index (χ3v) is 3.32. The largest absolute Gasteiger partial charge is 0.392 e. The van der Waals surface area contributed by atoms with E-state index in [1.807, 2.05) is 12.3 Å². The van der Waals surface area contributed by atoms with Crippen LogP contribution < -0.4 is 5.32 Å². The van der Waals surface area contributed by atoms with E-state index in [0.717, 1.165) is 31.6 Å². The molecule has 1 aliphatic heterocycles. The first-order chi connectivity index (χ1) is 7.75. The average molecular weight is 220 g/mol. The van der Waals surface area contributed by atoms with E-state index in [2.05, 4.69) is 23.3 Å². The van der Waals surface area contributed by atoms with Crippen molar-refractivity contribution in [3.63, 3.8) is 0 Å². The molecular formula is C13H20N2O. The second-order valence-electron chi connectivity index (χ2n) is 4.68. The molecular weight excluding hydrogens is 200 g/mol. The molecule has 3 heteroatoms. The number of nitrogens with zero attached hydrogens (tertiary/aromatic N) is 1. The first-order valence-electron chi connectivity index (χ1n) is 6.06. The summed E-state index contributed by atoms with van der Waals surface area (Å²) in [7, 11) is 0. The van der Waals surface area contributed by atoms with Gasteiger partial charge in [-0.25, -0.2) is 0 Å². The van der Waals surface area contributed by atoms with E-state index in [4.69, 9.17) is 0 Å². The van der Waals surface area contributed by atoms with E-state index >= 15 is 0 Å². The van der Waals surface area contributed by atoms with Gasteiger partial charge in [0.1, 0.15) is 0 Å². The molecule has 0 saturated carbocycles. The number of rotatable bonds is 3. The summed E-state index contributed by atoms with van der Waals surface area (Å²) in [4.78, 5) is 4.30. The number of hydrogen-bond acceptors (Lipinski definition) is 3. The van der Waals surface area contributed by atoms with Crippen LogP contribution in [-0.2, 0) is 6.42 Å². The number of aromatic nitrogens is 1. The molecule has 0 bridgehead atoms. The number of pyridine rings is 1. The summed E-state index contributed by atoms with van der Waals surface area (Å²) < 4.78 is 0. The second kappa shape index (κ2) is 5.41. The maximum absolute atomic E-state index is 10.2. The minimum absolute atomic E-state index is 0.239. The lowest BCUT2D eigenvalue weighted by molar-refractivity contribution is 0.0882. The minimum atomic E-state index is -0.239. The smallest absolute Gasteiger partial charge is 0.0624 e. The van der Waals surface area contributed by atoms with Crippen LogP contribution in [0.3, 0.4) is 0 Å². The molecule has 1 fully saturated rings. The van der Waals surface area contributed by atoms with Gasteiger partial charge in [0.15, 0.2) is 0 Å². The Kier molecular flexibility index (Phi) is 3.91. The quantitative estimate of drug-likeness (QED) is 0.807. The van der Waals surface area contributed by atoms with Gasteiger partial charge in [0.05, 0.1) is 6.10 Å². The Morgan fingerprint density at radius 3 is 2.94 bits per heavy atom.